The Bertz CT molecular complexity index is 1220. The summed E-state index contributed by atoms with van der Waals surface area (Å²) in [6.45, 7) is 4.65. The first-order valence-corrected chi connectivity index (χ1v) is 12.3. The average Bonchev–Trinajstić information content (AvgIpc) is 3.56. The van der Waals surface area contributed by atoms with E-state index >= 15 is 0 Å². The van der Waals surface area contributed by atoms with Crippen LogP contribution in [0.25, 0.3) is 11.1 Å². The lowest BCUT2D eigenvalue weighted by Crippen LogP contribution is -2.29. The Labute approximate surface area is 200 Å². The van der Waals surface area contributed by atoms with Gasteiger partial charge in [-0.25, -0.2) is 0 Å². The highest BCUT2D eigenvalue weighted by Gasteiger charge is 2.51. The van der Waals surface area contributed by atoms with E-state index in [1.54, 1.807) is 0 Å². The molecule has 0 unspecified atom stereocenters. The maximum absolute atomic E-state index is 13.4. The second kappa shape index (κ2) is 8.39. The van der Waals surface area contributed by atoms with Gasteiger partial charge in [0.1, 0.15) is 0 Å². The number of anilines is 2. The second-order valence-corrected chi connectivity index (χ2v) is 9.73. The van der Waals surface area contributed by atoms with Gasteiger partial charge in [0, 0.05) is 24.5 Å². The Morgan fingerprint density at radius 2 is 1.65 bits per heavy atom. The number of carbonyl (C=O) groups is 1. The Hall–Kier alpha value is -3.47. The van der Waals surface area contributed by atoms with Gasteiger partial charge in [0.15, 0.2) is 11.5 Å². The number of fused-ring (bicyclic) bond motifs is 1. The van der Waals surface area contributed by atoms with Gasteiger partial charge in [-0.3, -0.25) is 4.79 Å². The minimum Gasteiger partial charge on any atom is -0.454 e. The molecule has 3 aliphatic rings. The summed E-state index contributed by atoms with van der Waals surface area (Å²) in [6, 6.07) is 20.9. The number of amides is 1. The van der Waals surface area contributed by atoms with E-state index in [4.69, 9.17) is 9.47 Å². The molecule has 34 heavy (non-hydrogen) atoms. The van der Waals surface area contributed by atoms with E-state index in [1.165, 1.54) is 36.1 Å². The van der Waals surface area contributed by atoms with Crippen LogP contribution < -0.4 is 19.7 Å². The lowest BCUT2D eigenvalue weighted by atomic mass is 9.94. The molecule has 2 aliphatic heterocycles. The molecule has 1 saturated heterocycles. The zero-order valence-corrected chi connectivity index (χ0v) is 19.6. The minimum atomic E-state index is -0.484. The van der Waals surface area contributed by atoms with Gasteiger partial charge in [0.05, 0.1) is 5.41 Å². The molecule has 0 atom stereocenters. The summed E-state index contributed by atoms with van der Waals surface area (Å²) in [4.78, 5) is 15.8. The SMILES string of the molecule is Cc1ccc(NC(=O)C2(c3ccc4c(c3)OCO4)CC2)cc1-c1ccc(N2CCCCC2)cc1. The summed E-state index contributed by atoms with van der Waals surface area (Å²) in [5.41, 5.74) is 6.16. The van der Waals surface area contributed by atoms with Gasteiger partial charge in [-0.2, -0.15) is 0 Å². The predicted molar refractivity (Wildman–Crippen MR) is 135 cm³/mol. The van der Waals surface area contributed by atoms with Crippen LogP contribution in [0.3, 0.4) is 0 Å². The van der Waals surface area contributed by atoms with Gasteiger partial charge in [0.2, 0.25) is 12.7 Å². The largest absolute Gasteiger partial charge is 0.454 e. The van der Waals surface area contributed by atoms with Gasteiger partial charge in [-0.05, 0) is 97.7 Å². The molecule has 0 bridgehead atoms. The molecule has 1 N–H and O–H groups in total. The number of rotatable bonds is 5. The van der Waals surface area contributed by atoms with Crippen LogP contribution in [0.15, 0.2) is 60.7 Å². The van der Waals surface area contributed by atoms with Crippen molar-refractivity contribution in [2.45, 2.75) is 44.4 Å². The molecule has 3 aromatic rings. The van der Waals surface area contributed by atoms with Crippen molar-refractivity contribution >= 4 is 17.3 Å². The smallest absolute Gasteiger partial charge is 0.235 e. The molecular formula is C29H30N2O3. The summed E-state index contributed by atoms with van der Waals surface area (Å²) in [5, 5.41) is 3.19. The monoisotopic (exact) mass is 454 g/mol. The molecule has 1 amide bonds. The number of hydrogen-bond acceptors (Lipinski definition) is 4. The zero-order valence-electron chi connectivity index (χ0n) is 19.6. The van der Waals surface area contributed by atoms with Crippen molar-refractivity contribution < 1.29 is 14.3 Å². The van der Waals surface area contributed by atoms with Gasteiger partial charge in [0.25, 0.3) is 0 Å². The van der Waals surface area contributed by atoms with E-state index in [0.717, 1.165) is 54.2 Å². The number of hydrogen-bond donors (Lipinski definition) is 1. The van der Waals surface area contributed by atoms with Crippen molar-refractivity contribution in [1.29, 1.82) is 0 Å². The molecular weight excluding hydrogens is 424 g/mol. The molecule has 0 aromatic heterocycles. The fraction of sp³-hybridized carbons (Fsp3) is 0.345. The van der Waals surface area contributed by atoms with E-state index in [9.17, 15) is 4.79 Å². The van der Waals surface area contributed by atoms with Crippen LogP contribution >= 0.6 is 0 Å². The van der Waals surface area contributed by atoms with Crippen molar-refractivity contribution in [3.63, 3.8) is 0 Å². The van der Waals surface area contributed by atoms with Crippen LogP contribution in [0.1, 0.15) is 43.2 Å². The van der Waals surface area contributed by atoms with E-state index in [0.29, 0.717) is 0 Å². The van der Waals surface area contributed by atoms with Crippen LogP contribution in [-0.4, -0.2) is 25.8 Å². The summed E-state index contributed by atoms with van der Waals surface area (Å²) in [5.74, 6) is 1.51. The fourth-order valence-corrected chi connectivity index (χ4v) is 5.23. The maximum Gasteiger partial charge on any atom is 0.235 e. The van der Waals surface area contributed by atoms with Gasteiger partial charge < -0.3 is 19.7 Å². The van der Waals surface area contributed by atoms with E-state index < -0.39 is 5.41 Å². The Balaban J connectivity index is 1.21. The highest BCUT2D eigenvalue weighted by atomic mass is 16.7. The first kappa shape index (κ1) is 21.1. The topological polar surface area (TPSA) is 50.8 Å². The first-order chi connectivity index (χ1) is 16.6. The number of nitrogens with zero attached hydrogens (tertiary/aromatic N) is 1. The fourth-order valence-electron chi connectivity index (χ4n) is 5.23. The Morgan fingerprint density at radius 3 is 2.41 bits per heavy atom. The van der Waals surface area contributed by atoms with Gasteiger partial charge in [-0.1, -0.05) is 24.3 Å². The highest BCUT2D eigenvalue weighted by Crippen LogP contribution is 2.51. The van der Waals surface area contributed by atoms with Crippen LogP contribution in [-0.2, 0) is 10.2 Å². The molecule has 6 rings (SSSR count). The Kier molecular flexibility index (Phi) is 5.20. The summed E-state index contributed by atoms with van der Waals surface area (Å²) >= 11 is 0. The van der Waals surface area contributed by atoms with Crippen LogP contribution in [0.4, 0.5) is 11.4 Å². The molecule has 0 radical (unpaired) electrons. The molecule has 0 spiro atoms. The standard InChI is InChI=1S/C29H30N2O3/c1-20-5-9-23(18-25(20)21-6-10-24(11-7-21)31-15-3-2-4-16-31)30-28(32)29(13-14-29)22-8-12-26-27(17-22)34-19-33-26/h5-12,17-18H,2-4,13-16,19H2,1H3,(H,30,32). The van der Waals surface area contributed by atoms with Crippen molar-refractivity contribution in [2.75, 3.05) is 30.1 Å². The Morgan fingerprint density at radius 1 is 0.882 bits per heavy atom. The lowest BCUT2D eigenvalue weighted by molar-refractivity contribution is -0.118. The molecule has 2 fully saturated rings. The molecule has 5 heteroatoms. The first-order valence-electron chi connectivity index (χ1n) is 12.3. The molecule has 2 heterocycles. The summed E-state index contributed by atoms with van der Waals surface area (Å²) in [7, 11) is 0. The minimum absolute atomic E-state index is 0.0432. The number of ether oxygens (including phenoxy) is 2. The third kappa shape index (κ3) is 3.79. The summed E-state index contributed by atoms with van der Waals surface area (Å²) < 4.78 is 11.0. The quantitative estimate of drug-likeness (QED) is 0.510. The number of piperidine rings is 1. The van der Waals surface area contributed by atoms with Crippen molar-refractivity contribution in [1.82, 2.24) is 0 Å². The number of aryl methyl sites for hydroxylation is 1. The molecule has 174 valence electrons. The predicted octanol–water partition coefficient (Wildman–Crippen LogP) is 6.05. The van der Waals surface area contributed by atoms with E-state index in [1.807, 2.05) is 24.3 Å². The second-order valence-electron chi connectivity index (χ2n) is 9.73. The zero-order chi connectivity index (χ0) is 23.1. The van der Waals surface area contributed by atoms with E-state index in [-0.39, 0.29) is 12.7 Å². The maximum atomic E-state index is 13.4. The van der Waals surface area contributed by atoms with Crippen LogP contribution in [0.2, 0.25) is 0 Å². The summed E-state index contributed by atoms with van der Waals surface area (Å²) in [6.07, 6.45) is 5.57. The highest BCUT2D eigenvalue weighted by molar-refractivity contribution is 6.02. The van der Waals surface area contributed by atoms with Gasteiger partial charge >= 0.3 is 0 Å². The molecule has 1 aliphatic carbocycles. The van der Waals surface area contributed by atoms with Crippen molar-refractivity contribution in [3.05, 3.63) is 71.8 Å². The number of nitrogens with one attached hydrogen (secondary N) is 1. The van der Waals surface area contributed by atoms with Crippen molar-refractivity contribution in [3.8, 4) is 22.6 Å². The van der Waals surface area contributed by atoms with Gasteiger partial charge in [-0.15, -0.1) is 0 Å². The lowest BCUT2D eigenvalue weighted by Gasteiger charge is -2.29. The van der Waals surface area contributed by atoms with Crippen LogP contribution in [0.5, 0.6) is 11.5 Å². The third-order valence-corrected chi connectivity index (χ3v) is 7.50. The van der Waals surface area contributed by atoms with Crippen LogP contribution in [0, 0.1) is 6.92 Å². The third-order valence-electron chi connectivity index (χ3n) is 7.50. The van der Waals surface area contributed by atoms with E-state index in [2.05, 4.69) is 53.5 Å². The van der Waals surface area contributed by atoms with Crippen molar-refractivity contribution in [2.24, 2.45) is 0 Å². The molecule has 5 nitrogen and oxygen atoms in total. The number of carbonyl (C=O) groups excluding carboxylic acids is 1. The molecule has 3 aromatic carbocycles. The normalized spacial score (nSPS) is 18.0. The molecule has 1 saturated carbocycles. The average molecular weight is 455 g/mol. The number of benzene rings is 3.